The van der Waals surface area contributed by atoms with Gasteiger partial charge in [0, 0.05) is 30.0 Å². The Morgan fingerprint density at radius 3 is 3.03 bits per heavy atom. The first-order valence-corrected chi connectivity index (χ1v) is 11.2. The topological polar surface area (TPSA) is 146 Å². The largest absolute Gasteiger partial charge is 0.346 e. The Kier molecular flexibility index (Phi) is 4.71. The van der Waals surface area contributed by atoms with Gasteiger partial charge >= 0.3 is 0 Å². The summed E-state index contributed by atoms with van der Waals surface area (Å²) >= 11 is 0. The Hall–Kier alpha value is -3.70. The van der Waals surface area contributed by atoms with Crippen LogP contribution in [0, 0.1) is 11.7 Å². The molecule has 3 aromatic rings. The van der Waals surface area contributed by atoms with Crippen LogP contribution in [0.15, 0.2) is 53.4 Å². The Morgan fingerprint density at radius 1 is 1.32 bits per heavy atom. The second-order valence-electron chi connectivity index (χ2n) is 9.21. The molecular weight excluding hydrogens is 437 g/mol. The minimum Gasteiger partial charge on any atom is -0.346 e. The average molecular weight is 462 g/mol. The summed E-state index contributed by atoms with van der Waals surface area (Å²) in [5.74, 6) is 0.137. The third-order valence-electron chi connectivity index (χ3n) is 7.04. The Morgan fingerprint density at radius 2 is 2.21 bits per heavy atom. The molecule has 4 heterocycles. The zero-order valence-electron chi connectivity index (χ0n) is 18.4. The number of amides is 1. The first-order chi connectivity index (χ1) is 16.4. The second kappa shape index (κ2) is 7.67. The minimum absolute atomic E-state index is 0.0908. The monoisotopic (exact) mass is 461 g/mol. The van der Waals surface area contributed by atoms with Gasteiger partial charge in [0.2, 0.25) is 0 Å². The molecule has 3 aromatic heterocycles. The Balaban J connectivity index is 1.19. The van der Waals surface area contributed by atoms with Gasteiger partial charge < -0.3 is 16.4 Å². The summed E-state index contributed by atoms with van der Waals surface area (Å²) in [5, 5.41) is 17.5. The fourth-order valence-corrected chi connectivity index (χ4v) is 5.08. The molecule has 1 amide bonds. The number of pyridine rings is 2. The lowest BCUT2D eigenvalue weighted by atomic mass is 10.1. The highest BCUT2D eigenvalue weighted by Crippen LogP contribution is 2.54. The number of nitrogens with two attached hydrogens (primary N) is 1. The summed E-state index contributed by atoms with van der Waals surface area (Å²) in [5.41, 5.74) is 8.59. The molecule has 3 aliphatic rings. The van der Waals surface area contributed by atoms with Crippen molar-refractivity contribution in [2.75, 3.05) is 0 Å². The predicted octanol–water partition coefficient (Wildman–Crippen LogP) is 0.950. The number of carbonyl (C=O) groups is 1. The Bertz CT molecular complexity index is 1340. The summed E-state index contributed by atoms with van der Waals surface area (Å²) in [7, 11) is 0. The first kappa shape index (κ1) is 20.9. The van der Waals surface area contributed by atoms with E-state index in [1.54, 1.807) is 24.4 Å². The van der Waals surface area contributed by atoms with Gasteiger partial charge in [0.05, 0.1) is 11.6 Å². The van der Waals surface area contributed by atoms with Crippen LogP contribution in [0.1, 0.15) is 35.9 Å². The quantitative estimate of drug-likeness (QED) is 0.380. The molecule has 34 heavy (non-hydrogen) atoms. The fourth-order valence-electron chi connectivity index (χ4n) is 5.08. The van der Waals surface area contributed by atoms with Crippen molar-refractivity contribution in [3.05, 3.63) is 65.6 Å². The van der Waals surface area contributed by atoms with Gasteiger partial charge in [0.25, 0.3) is 5.91 Å². The van der Waals surface area contributed by atoms with Gasteiger partial charge in [-0.05, 0) is 49.5 Å². The van der Waals surface area contributed by atoms with E-state index in [1.165, 1.54) is 6.07 Å². The van der Waals surface area contributed by atoms with Crippen molar-refractivity contribution in [2.45, 2.75) is 43.6 Å². The highest BCUT2D eigenvalue weighted by Gasteiger charge is 2.65. The molecule has 2 saturated carbocycles. The summed E-state index contributed by atoms with van der Waals surface area (Å²) < 4.78 is 13.8. The molecule has 11 heteroatoms. The molecular formula is C23H24FN9O. The number of rotatable bonds is 5. The molecule has 5 atom stereocenters. The number of fused-ring (bicyclic) bond motifs is 2. The van der Waals surface area contributed by atoms with Gasteiger partial charge in [0.15, 0.2) is 11.5 Å². The van der Waals surface area contributed by atoms with Crippen LogP contribution in [-0.4, -0.2) is 55.7 Å². The predicted molar refractivity (Wildman–Crippen MR) is 123 cm³/mol. The van der Waals surface area contributed by atoms with Crippen LogP contribution in [0.2, 0.25) is 0 Å². The number of H-pyrrole nitrogens is 1. The summed E-state index contributed by atoms with van der Waals surface area (Å²) in [6.45, 7) is 1.98. The Labute approximate surface area is 194 Å². The maximum Gasteiger partial charge on any atom is 0.270 e. The molecule has 6 rings (SSSR count). The summed E-state index contributed by atoms with van der Waals surface area (Å²) in [4.78, 5) is 25.6. The van der Waals surface area contributed by atoms with Crippen molar-refractivity contribution in [2.24, 2.45) is 16.6 Å². The molecule has 2 aliphatic carbocycles. The molecule has 2 fully saturated rings. The molecule has 1 unspecified atom stereocenters. The minimum atomic E-state index is -0.439. The van der Waals surface area contributed by atoms with E-state index in [1.807, 2.05) is 13.1 Å². The van der Waals surface area contributed by atoms with Crippen molar-refractivity contribution >= 4 is 22.8 Å². The zero-order chi connectivity index (χ0) is 23.4. The van der Waals surface area contributed by atoms with E-state index in [4.69, 9.17) is 10.7 Å². The van der Waals surface area contributed by atoms with Crippen LogP contribution >= 0.6 is 0 Å². The average Bonchev–Trinajstić information content (AvgIpc) is 3.25. The van der Waals surface area contributed by atoms with Gasteiger partial charge in [0.1, 0.15) is 23.4 Å². The van der Waals surface area contributed by atoms with E-state index < -0.39 is 11.4 Å². The third kappa shape index (κ3) is 3.44. The second-order valence-corrected chi connectivity index (χ2v) is 9.21. The van der Waals surface area contributed by atoms with Crippen LogP contribution in [0.4, 0.5) is 4.39 Å². The van der Waals surface area contributed by atoms with Crippen molar-refractivity contribution in [3.63, 3.8) is 0 Å². The highest BCUT2D eigenvalue weighted by atomic mass is 19.1. The van der Waals surface area contributed by atoms with E-state index in [2.05, 4.69) is 36.1 Å². The van der Waals surface area contributed by atoms with E-state index in [9.17, 15) is 9.18 Å². The number of aliphatic imine (C=N–C) groups is 1. The third-order valence-corrected chi connectivity index (χ3v) is 7.04. The smallest absolute Gasteiger partial charge is 0.270 e. The van der Waals surface area contributed by atoms with Gasteiger partial charge in [-0.2, -0.15) is 5.10 Å². The SMILES string of the molecule is CC1=CNC(c2[nH]nc3ncc(F)cc23)=NC1N[C@@H]1C[C@H](NC(=O)c2ccccn2)[C@]2(N)C[C@H]12. The summed E-state index contributed by atoms with van der Waals surface area (Å²) in [6, 6.07) is 6.58. The lowest BCUT2D eigenvalue weighted by molar-refractivity contribution is 0.0924. The lowest BCUT2D eigenvalue weighted by Crippen LogP contribution is -2.48. The number of amidine groups is 1. The molecule has 1 aliphatic heterocycles. The molecule has 0 bridgehead atoms. The zero-order valence-corrected chi connectivity index (χ0v) is 18.4. The van der Waals surface area contributed by atoms with Crippen LogP contribution < -0.4 is 21.7 Å². The van der Waals surface area contributed by atoms with E-state index >= 15 is 0 Å². The number of carbonyl (C=O) groups excluding carboxylic acids is 1. The molecule has 0 aromatic carbocycles. The van der Waals surface area contributed by atoms with Gasteiger partial charge in [-0.1, -0.05) is 6.07 Å². The number of aromatic nitrogens is 4. The molecule has 0 spiro atoms. The van der Waals surface area contributed by atoms with Crippen LogP contribution in [-0.2, 0) is 0 Å². The number of hydrogen-bond donors (Lipinski definition) is 5. The van der Waals surface area contributed by atoms with Crippen molar-refractivity contribution in [1.82, 2.24) is 36.1 Å². The molecule has 10 nitrogen and oxygen atoms in total. The fraction of sp³-hybridized carbons (Fsp3) is 0.348. The van der Waals surface area contributed by atoms with E-state index in [0.29, 0.717) is 34.7 Å². The van der Waals surface area contributed by atoms with Gasteiger partial charge in [-0.15, -0.1) is 0 Å². The molecule has 174 valence electrons. The first-order valence-electron chi connectivity index (χ1n) is 11.2. The van der Waals surface area contributed by atoms with Crippen LogP contribution in [0.5, 0.6) is 0 Å². The number of nitrogens with zero attached hydrogens (tertiary/aromatic N) is 4. The van der Waals surface area contributed by atoms with Gasteiger partial charge in [-0.25, -0.2) is 14.4 Å². The number of aromatic amines is 1. The highest BCUT2D eigenvalue weighted by molar-refractivity contribution is 6.07. The van der Waals surface area contributed by atoms with Crippen molar-refractivity contribution in [3.8, 4) is 0 Å². The standard InChI is InChI=1S/C23H24FN9O/c1-11-9-27-21(18-13-6-12(24)10-28-20(13)33-32-18)31-19(11)29-16-7-17(23(25)8-14(16)23)30-22(34)15-4-2-3-5-26-15/h2-6,9-10,14,16-17,19,29H,7-8,25H2,1H3,(H,27,31)(H,30,34)(H,28,32,33)/t14-,16-,17+,19?,23+/m1/s1. The molecule has 0 saturated heterocycles. The van der Waals surface area contributed by atoms with Gasteiger partial charge in [-0.3, -0.25) is 20.2 Å². The molecule has 6 N–H and O–H groups in total. The molecule has 0 radical (unpaired) electrons. The van der Waals surface area contributed by atoms with Crippen molar-refractivity contribution < 1.29 is 9.18 Å². The lowest BCUT2D eigenvalue weighted by Gasteiger charge is -2.26. The summed E-state index contributed by atoms with van der Waals surface area (Å²) in [6.07, 6.45) is 5.84. The number of hydrogen-bond acceptors (Lipinski definition) is 8. The van der Waals surface area contributed by atoms with E-state index in [-0.39, 0.29) is 30.1 Å². The number of halogens is 1. The maximum absolute atomic E-state index is 13.8. The van der Waals surface area contributed by atoms with Crippen LogP contribution in [0.25, 0.3) is 11.0 Å². The maximum atomic E-state index is 13.8. The number of nitrogens with one attached hydrogen (secondary N) is 4. The van der Waals surface area contributed by atoms with Crippen LogP contribution in [0.3, 0.4) is 0 Å². The van der Waals surface area contributed by atoms with E-state index in [0.717, 1.165) is 18.2 Å². The normalized spacial score (nSPS) is 29.7. The van der Waals surface area contributed by atoms with Crippen molar-refractivity contribution in [1.29, 1.82) is 0 Å².